The second kappa shape index (κ2) is 6.60. The molecule has 0 N–H and O–H groups in total. The maximum atomic E-state index is 14.7. The van der Waals surface area contributed by atoms with Crippen LogP contribution in [0.3, 0.4) is 0 Å². The molecule has 2 aromatic heterocycles. The van der Waals surface area contributed by atoms with Crippen LogP contribution in [-0.2, 0) is 4.74 Å². The van der Waals surface area contributed by atoms with E-state index in [-0.39, 0.29) is 23.3 Å². The van der Waals surface area contributed by atoms with E-state index in [1.54, 1.807) is 11.6 Å². The van der Waals surface area contributed by atoms with Crippen molar-refractivity contribution in [1.29, 1.82) is 0 Å². The van der Waals surface area contributed by atoms with Crippen molar-refractivity contribution in [2.75, 3.05) is 14.2 Å². The molecule has 3 aromatic rings. The first-order chi connectivity index (χ1) is 12.6. The number of hydrogen-bond donors (Lipinski definition) is 0. The highest BCUT2D eigenvalue weighted by Crippen LogP contribution is 2.41. The molecule has 0 spiro atoms. The largest absolute Gasteiger partial charge is 0.497 e. The average Bonchev–Trinajstić information content (AvgIpc) is 3.29. The van der Waals surface area contributed by atoms with Gasteiger partial charge in [-0.2, -0.15) is 10.1 Å². The van der Waals surface area contributed by atoms with Crippen molar-refractivity contribution in [2.45, 2.75) is 31.3 Å². The monoisotopic (exact) mass is 360 g/mol. The number of aromatic nitrogens is 4. The van der Waals surface area contributed by atoms with Crippen LogP contribution in [0.15, 0.2) is 24.7 Å². The molecule has 1 aliphatic carbocycles. The van der Waals surface area contributed by atoms with Crippen molar-refractivity contribution in [3.63, 3.8) is 0 Å². The van der Waals surface area contributed by atoms with Gasteiger partial charge >= 0.3 is 0 Å². The Hall–Kier alpha value is -2.61. The summed E-state index contributed by atoms with van der Waals surface area (Å²) in [5.74, 6) is -0.835. The Labute approximate surface area is 148 Å². The minimum Gasteiger partial charge on any atom is -0.497 e. The van der Waals surface area contributed by atoms with Gasteiger partial charge in [0.2, 0.25) is 0 Å². The number of ether oxygens (including phenoxy) is 2. The van der Waals surface area contributed by atoms with Crippen LogP contribution < -0.4 is 4.74 Å². The third-order valence-corrected chi connectivity index (χ3v) is 4.97. The molecule has 1 fully saturated rings. The van der Waals surface area contributed by atoms with Gasteiger partial charge in [0.05, 0.1) is 24.5 Å². The van der Waals surface area contributed by atoms with Gasteiger partial charge in [0.25, 0.3) is 5.78 Å². The Balaban J connectivity index is 1.92. The molecule has 2 unspecified atom stereocenters. The molecule has 1 aliphatic rings. The smallest absolute Gasteiger partial charge is 0.252 e. The fourth-order valence-electron chi connectivity index (χ4n) is 3.71. The van der Waals surface area contributed by atoms with Crippen molar-refractivity contribution in [3.8, 4) is 16.9 Å². The summed E-state index contributed by atoms with van der Waals surface area (Å²) in [6, 6.07) is 2.33. The number of hydrogen-bond acceptors (Lipinski definition) is 5. The van der Waals surface area contributed by atoms with E-state index < -0.39 is 11.6 Å². The van der Waals surface area contributed by atoms with Crippen LogP contribution in [-0.4, -0.2) is 39.9 Å². The van der Waals surface area contributed by atoms with Gasteiger partial charge in [-0.05, 0) is 19.3 Å². The summed E-state index contributed by atoms with van der Waals surface area (Å²) in [5, 5.41) is 4.23. The van der Waals surface area contributed by atoms with E-state index in [1.807, 2.05) is 0 Å². The quantitative estimate of drug-likeness (QED) is 0.714. The molecule has 0 bridgehead atoms. The van der Waals surface area contributed by atoms with E-state index in [1.165, 1.54) is 31.8 Å². The zero-order valence-corrected chi connectivity index (χ0v) is 14.4. The van der Waals surface area contributed by atoms with E-state index >= 15 is 0 Å². The number of benzene rings is 1. The van der Waals surface area contributed by atoms with E-state index in [9.17, 15) is 8.78 Å². The van der Waals surface area contributed by atoms with E-state index in [0.717, 1.165) is 19.3 Å². The molecule has 4 rings (SSSR count). The van der Waals surface area contributed by atoms with Gasteiger partial charge < -0.3 is 9.47 Å². The summed E-state index contributed by atoms with van der Waals surface area (Å²) in [5.41, 5.74) is 0.948. The molecule has 2 heterocycles. The third-order valence-electron chi connectivity index (χ3n) is 4.97. The number of halogens is 2. The van der Waals surface area contributed by atoms with Gasteiger partial charge in [-0.15, -0.1) is 0 Å². The SMILES string of the molecule is COc1cc(F)c(-c2cnc3ncnn3c2C2CCC(OC)C2)c(F)c1. The summed E-state index contributed by atoms with van der Waals surface area (Å²) in [7, 11) is 3.04. The Morgan fingerprint density at radius 3 is 2.54 bits per heavy atom. The predicted octanol–water partition coefficient (Wildman–Crippen LogP) is 3.36. The zero-order chi connectivity index (χ0) is 18.3. The molecule has 8 heteroatoms. The van der Waals surface area contributed by atoms with Crippen LogP contribution in [0.2, 0.25) is 0 Å². The zero-order valence-electron chi connectivity index (χ0n) is 14.4. The Morgan fingerprint density at radius 2 is 1.88 bits per heavy atom. The van der Waals surface area contributed by atoms with Crippen LogP contribution in [0.4, 0.5) is 8.78 Å². The van der Waals surface area contributed by atoms with Crippen LogP contribution in [0, 0.1) is 11.6 Å². The summed E-state index contributed by atoms with van der Waals surface area (Å²) in [6.45, 7) is 0. The lowest BCUT2D eigenvalue weighted by Gasteiger charge is -2.18. The van der Waals surface area contributed by atoms with Gasteiger partial charge in [-0.25, -0.2) is 18.3 Å². The first kappa shape index (κ1) is 16.8. The molecule has 136 valence electrons. The summed E-state index contributed by atoms with van der Waals surface area (Å²) >= 11 is 0. The van der Waals surface area contributed by atoms with E-state index in [0.29, 0.717) is 17.0 Å². The van der Waals surface area contributed by atoms with Gasteiger partial charge in [0, 0.05) is 36.9 Å². The number of rotatable bonds is 4. The highest BCUT2D eigenvalue weighted by Gasteiger charge is 2.32. The highest BCUT2D eigenvalue weighted by atomic mass is 19.1. The van der Waals surface area contributed by atoms with Crippen molar-refractivity contribution in [3.05, 3.63) is 42.0 Å². The average molecular weight is 360 g/mol. The minimum absolute atomic E-state index is 0.0445. The van der Waals surface area contributed by atoms with Crippen molar-refractivity contribution in [1.82, 2.24) is 19.6 Å². The topological polar surface area (TPSA) is 61.5 Å². The first-order valence-corrected chi connectivity index (χ1v) is 8.37. The first-order valence-electron chi connectivity index (χ1n) is 8.37. The van der Waals surface area contributed by atoms with Crippen molar-refractivity contribution in [2.24, 2.45) is 0 Å². The third kappa shape index (κ3) is 2.70. The molecule has 6 nitrogen and oxygen atoms in total. The van der Waals surface area contributed by atoms with Gasteiger partial charge in [-0.1, -0.05) is 0 Å². The molecular weight excluding hydrogens is 342 g/mol. The number of fused-ring (bicyclic) bond motifs is 1. The lowest BCUT2D eigenvalue weighted by atomic mass is 9.94. The number of nitrogens with zero attached hydrogens (tertiary/aromatic N) is 4. The van der Waals surface area contributed by atoms with E-state index in [4.69, 9.17) is 9.47 Å². The highest BCUT2D eigenvalue weighted by molar-refractivity contribution is 5.69. The molecular formula is C18H18F2N4O2. The second-order valence-electron chi connectivity index (χ2n) is 6.36. The molecule has 0 amide bonds. The molecule has 26 heavy (non-hydrogen) atoms. The van der Waals surface area contributed by atoms with Gasteiger partial charge in [-0.3, -0.25) is 0 Å². The molecule has 1 saturated carbocycles. The molecule has 0 radical (unpaired) electrons. The molecule has 2 atom stereocenters. The fraction of sp³-hybridized carbons (Fsp3) is 0.389. The predicted molar refractivity (Wildman–Crippen MR) is 90.1 cm³/mol. The molecule has 1 aromatic carbocycles. The summed E-state index contributed by atoms with van der Waals surface area (Å²) in [4.78, 5) is 8.31. The molecule has 0 saturated heterocycles. The van der Waals surface area contributed by atoms with Crippen molar-refractivity contribution >= 4 is 5.78 Å². The Morgan fingerprint density at radius 1 is 1.12 bits per heavy atom. The summed E-state index contributed by atoms with van der Waals surface area (Å²) < 4.78 is 41.4. The van der Waals surface area contributed by atoms with Crippen LogP contribution >= 0.6 is 0 Å². The number of methoxy groups -OCH3 is 2. The second-order valence-corrected chi connectivity index (χ2v) is 6.36. The van der Waals surface area contributed by atoms with Crippen LogP contribution in [0.5, 0.6) is 5.75 Å². The van der Waals surface area contributed by atoms with Crippen molar-refractivity contribution < 1.29 is 18.3 Å². The maximum absolute atomic E-state index is 14.7. The summed E-state index contributed by atoms with van der Waals surface area (Å²) in [6.07, 6.45) is 5.44. The maximum Gasteiger partial charge on any atom is 0.252 e. The Bertz CT molecular complexity index is 937. The Kier molecular flexibility index (Phi) is 4.28. The van der Waals surface area contributed by atoms with E-state index in [2.05, 4.69) is 15.1 Å². The lowest BCUT2D eigenvalue weighted by molar-refractivity contribution is 0.108. The fourth-order valence-corrected chi connectivity index (χ4v) is 3.71. The minimum atomic E-state index is -0.703. The van der Waals surface area contributed by atoms with Crippen LogP contribution in [0.1, 0.15) is 30.9 Å². The standard InChI is InChI=1S/C18H18F2N4O2/c1-25-11-4-3-10(5-11)17-13(8-21-18-22-9-23-24(17)18)16-14(19)6-12(26-2)7-15(16)20/h6-11H,3-5H2,1-2H3. The normalized spacial score (nSPS) is 20.0. The van der Waals surface area contributed by atoms with Gasteiger partial charge in [0.15, 0.2) is 0 Å². The van der Waals surface area contributed by atoms with Gasteiger partial charge in [0.1, 0.15) is 23.7 Å². The molecule has 0 aliphatic heterocycles. The lowest BCUT2D eigenvalue weighted by Crippen LogP contribution is -2.11. The van der Waals surface area contributed by atoms with Crippen LogP contribution in [0.25, 0.3) is 16.9 Å².